The summed E-state index contributed by atoms with van der Waals surface area (Å²) in [4.78, 5) is 27.3. The largest absolute Gasteiger partial charge is 0.385 e. The SMILES string of the molecule is CCCNc1ccc2c(c1)N(C(C)=O)C(C)(C)C(C(N)=O)C2(C)c1ccccc1. The van der Waals surface area contributed by atoms with Gasteiger partial charge in [0.2, 0.25) is 11.8 Å². The highest BCUT2D eigenvalue weighted by Gasteiger charge is 2.57. The molecule has 0 aromatic heterocycles. The second-order valence-corrected chi connectivity index (χ2v) is 8.57. The second-order valence-electron chi connectivity index (χ2n) is 8.57. The van der Waals surface area contributed by atoms with Crippen LogP contribution in [0.15, 0.2) is 48.5 Å². The molecule has 0 saturated carbocycles. The topological polar surface area (TPSA) is 75.4 Å². The van der Waals surface area contributed by atoms with Gasteiger partial charge in [0.15, 0.2) is 0 Å². The van der Waals surface area contributed by atoms with Crippen LogP contribution in [0.3, 0.4) is 0 Å². The maximum absolute atomic E-state index is 12.8. The summed E-state index contributed by atoms with van der Waals surface area (Å²) < 4.78 is 0. The van der Waals surface area contributed by atoms with E-state index in [4.69, 9.17) is 5.73 Å². The normalized spacial score (nSPS) is 22.7. The molecular formula is C24H31N3O2. The minimum atomic E-state index is -0.793. The van der Waals surface area contributed by atoms with Crippen molar-refractivity contribution in [2.45, 2.75) is 52.0 Å². The lowest BCUT2D eigenvalue weighted by molar-refractivity contribution is -0.127. The van der Waals surface area contributed by atoms with Crippen LogP contribution in [0.2, 0.25) is 0 Å². The summed E-state index contributed by atoms with van der Waals surface area (Å²) in [6, 6.07) is 16.0. The molecule has 2 aromatic rings. The van der Waals surface area contributed by atoms with Gasteiger partial charge in [0.1, 0.15) is 0 Å². The molecule has 5 nitrogen and oxygen atoms in total. The van der Waals surface area contributed by atoms with E-state index in [0.29, 0.717) is 0 Å². The molecule has 0 spiro atoms. The van der Waals surface area contributed by atoms with Crippen LogP contribution >= 0.6 is 0 Å². The average molecular weight is 394 g/mol. The summed E-state index contributed by atoms with van der Waals surface area (Å²) >= 11 is 0. The summed E-state index contributed by atoms with van der Waals surface area (Å²) in [5, 5.41) is 3.40. The lowest BCUT2D eigenvalue weighted by atomic mass is 9.57. The fourth-order valence-electron chi connectivity index (χ4n) is 5.15. The monoisotopic (exact) mass is 393 g/mol. The molecule has 2 atom stereocenters. The van der Waals surface area contributed by atoms with E-state index >= 15 is 0 Å². The number of primary amides is 1. The van der Waals surface area contributed by atoms with E-state index in [-0.39, 0.29) is 5.91 Å². The molecule has 29 heavy (non-hydrogen) atoms. The summed E-state index contributed by atoms with van der Waals surface area (Å²) in [6.07, 6.45) is 1.00. The Bertz CT molecular complexity index is 923. The fourth-order valence-corrected chi connectivity index (χ4v) is 5.15. The molecule has 1 aliphatic rings. The van der Waals surface area contributed by atoms with Gasteiger partial charge in [-0.05, 0) is 43.5 Å². The van der Waals surface area contributed by atoms with Crippen molar-refractivity contribution in [2.75, 3.05) is 16.8 Å². The Morgan fingerprint density at radius 3 is 2.31 bits per heavy atom. The lowest BCUT2D eigenvalue weighted by Gasteiger charge is -2.55. The standard InChI is InChI=1S/C24H31N3O2/c1-6-14-26-18-12-13-19-20(15-18)27(16(2)28)23(3,4)21(22(25)29)24(19,5)17-10-8-7-9-11-17/h7-13,15,21,26H,6,14H2,1-5H3,(H2,25,29). The summed E-state index contributed by atoms with van der Waals surface area (Å²) in [5.41, 5.74) is 8.25. The third-order valence-corrected chi connectivity index (χ3v) is 6.21. The smallest absolute Gasteiger partial charge is 0.224 e. The number of benzene rings is 2. The highest BCUT2D eigenvalue weighted by atomic mass is 16.2. The minimum absolute atomic E-state index is 0.106. The number of nitrogens with one attached hydrogen (secondary N) is 1. The molecule has 0 saturated heterocycles. The van der Waals surface area contributed by atoms with Gasteiger partial charge in [-0.3, -0.25) is 9.59 Å². The fraction of sp³-hybridized carbons (Fsp3) is 0.417. The molecular weight excluding hydrogens is 362 g/mol. The van der Waals surface area contributed by atoms with Crippen LogP contribution < -0.4 is 16.0 Å². The Kier molecular flexibility index (Phi) is 5.44. The zero-order chi connectivity index (χ0) is 21.4. The van der Waals surface area contributed by atoms with E-state index in [2.05, 4.69) is 19.2 Å². The zero-order valence-electron chi connectivity index (χ0n) is 18.0. The predicted octanol–water partition coefficient (Wildman–Crippen LogP) is 4.06. The van der Waals surface area contributed by atoms with E-state index in [9.17, 15) is 9.59 Å². The molecule has 2 aromatic carbocycles. The molecule has 1 aliphatic heterocycles. The number of rotatable bonds is 5. The molecule has 0 fully saturated rings. The Balaban J connectivity index is 2.35. The third-order valence-electron chi connectivity index (χ3n) is 6.21. The zero-order valence-corrected chi connectivity index (χ0v) is 18.0. The van der Waals surface area contributed by atoms with Gasteiger partial charge in [-0.1, -0.05) is 50.2 Å². The van der Waals surface area contributed by atoms with Gasteiger partial charge in [-0.2, -0.15) is 0 Å². The van der Waals surface area contributed by atoms with Crippen LogP contribution in [0.25, 0.3) is 0 Å². The van der Waals surface area contributed by atoms with Crippen molar-refractivity contribution in [1.82, 2.24) is 0 Å². The Morgan fingerprint density at radius 1 is 1.10 bits per heavy atom. The molecule has 0 aliphatic carbocycles. The van der Waals surface area contributed by atoms with Gasteiger partial charge in [0.05, 0.1) is 17.1 Å². The average Bonchev–Trinajstić information content (AvgIpc) is 2.65. The van der Waals surface area contributed by atoms with Crippen molar-refractivity contribution in [3.63, 3.8) is 0 Å². The van der Waals surface area contributed by atoms with Crippen LogP contribution in [0.5, 0.6) is 0 Å². The first-order chi connectivity index (χ1) is 13.7. The van der Waals surface area contributed by atoms with Crippen LogP contribution in [0, 0.1) is 5.92 Å². The van der Waals surface area contributed by atoms with Crippen molar-refractivity contribution in [1.29, 1.82) is 0 Å². The van der Waals surface area contributed by atoms with E-state index in [1.54, 1.807) is 11.8 Å². The number of carbonyl (C=O) groups excluding carboxylic acids is 2. The number of fused-ring (bicyclic) bond motifs is 1. The van der Waals surface area contributed by atoms with Gasteiger partial charge >= 0.3 is 0 Å². The first-order valence-corrected chi connectivity index (χ1v) is 10.2. The molecule has 3 rings (SSSR count). The Labute approximate surface area is 173 Å². The van der Waals surface area contributed by atoms with Crippen molar-refractivity contribution in [3.05, 3.63) is 59.7 Å². The number of nitrogens with zero attached hydrogens (tertiary/aromatic N) is 1. The molecule has 2 amide bonds. The highest BCUT2D eigenvalue weighted by molar-refractivity contribution is 5.98. The van der Waals surface area contributed by atoms with Crippen LogP contribution in [-0.4, -0.2) is 23.9 Å². The van der Waals surface area contributed by atoms with Gasteiger partial charge in [0, 0.05) is 24.6 Å². The number of hydrogen-bond donors (Lipinski definition) is 2. The molecule has 0 bridgehead atoms. The van der Waals surface area contributed by atoms with Gasteiger partial charge < -0.3 is 16.0 Å². The molecule has 3 N–H and O–H groups in total. The quantitative estimate of drug-likeness (QED) is 0.804. The first kappa shape index (κ1) is 20.9. The first-order valence-electron chi connectivity index (χ1n) is 10.2. The van der Waals surface area contributed by atoms with Gasteiger partial charge in [-0.25, -0.2) is 0 Å². The maximum Gasteiger partial charge on any atom is 0.224 e. The van der Waals surface area contributed by atoms with Crippen molar-refractivity contribution in [2.24, 2.45) is 11.7 Å². The van der Waals surface area contributed by atoms with Crippen molar-refractivity contribution in [3.8, 4) is 0 Å². The third kappa shape index (κ3) is 3.28. The van der Waals surface area contributed by atoms with Crippen LogP contribution in [0.4, 0.5) is 11.4 Å². The second kappa shape index (κ2) is 7.54. The summed E-state index contributed by atoms with van der Waals surface area (Å²) in [5.74, 6) is -1.11. The number of anilines is 2. The van der Waals surface area contributed by atoms with Crippen LogP contribution in [0.1, 0.15) is 52.2 Å². The number of amides is 2. The molecule has 154 valence electrons. The van der Waals surface area contributed by atoms with E-state index in [1.165, 1.54) is 0 Å². The number of hydrogen-bond acceptors (Lipinski definition) is 3. The Hall–Kier alpha value is -2.82. The van der Waals surface area contributed by atoms with Crippen molar-refractivity contribution >= 4 is 23.2 Å². The molecule has 2 unspecified atom stereocenters. The lowest BCUT2D eigenvalue weighted by Crippen LogP contribution is -2.65. The molecule has 1 heterocycles. The number of carbonyl (C=O) groups is 2. The summed E-state index contributed by atoms with van der Waals surface area (Å²) in [7, 11) is 0. The molecule has 5 heteroatoms. The van der Waals surface area contributed by atoms with Crippen LogP contribution in [-0.2, 0) is 15.0 Å². The van der Waals surface area contributed by atoms with E-state index in [1.807, 2.05) is 62.4 Å². The highest BCUT2D eigenvalue weighted by Crippen LogP contribution is 2.54. The summed E-state index contributed by atoms with van der Waals surface area (Å²) in [6.45, 7) is 10.4. The number of nitrogens with two attached hydrogens (primary N) is 1. The maximum atomic E-state index is 12.8. The van der Waals surface area contributed by atoms with Crippen molar-refractivity contribution < 1.29 is 9.59 Å². The van der Waals surface area contributed by atoms with E-state index in [0.717, 1.165) is 35.5 Å². The predicted molar refractivity (Wildman–Crippen MR) is 118 cm³/mol. The van der Waals surface area contributed by atoms with E-state index < -0.39 is 22.8 Å². The van der Waals surface area contributed by atoms with Gasteiger partial charge in [0.25, 0.3) is 0 Å². The minimum Gasteiger partial charge on any atom is -0.385 e. The molecule has 0 radical (unpaired) electrons. The van der Waals surface area contributed by atoms with Gasteiger partial charge in [-0.15, -0.1) is 0 Å². The Morgan fingerprint density at radius 2 is 1.76 bits per heavy atom.